The summed E-state index contributed by atoms with van der Waals surface area (Å²) in [6.07, 6.45) is -7.22. The van der Waals surface area contributed by atoms with Crippen LogP contribution in [0.1, 0.15) is 59.8 Å². The maximum atomic E-state index is 17.0. The third-order valence-electron chi connectivity index (χ3n) is 14.7. The molecule has 26 nitrogen and oxygen atoms in total. The lowest BCUT2D eigenvalue weighted by atomic mass is 9.79. The highest BCUT2D eigenvalue weighted by molar-refractivity contribution is 8.07. The van der Waals surface area contributed by atoms with Crippen molar-refractivity contribution in [1.82, 2.24) is 39.0 Å². The predicted octanol–water partition coefficient (Wildman–Crippen LogP) is 7.06. The number of nitrogens with zero attached hydrogens (tertiary/aromatic N) is 8. The molecule has 10 atom stereocenters. The zero-order valence-electron chi connectivity index (χ0n) is 46.3. The number of nitrogens with one attached hydrogen (secondary N) is 3. The van der Waals surface area contributed by atoms with Gasteiger partial charge in [0.05, 0.1) is 65.8 Å². The molecule has 4 aromatic heterocycles. The number of amides is 2. The number of fused-ring (bicyclic) bond motifs is 4. The summed E-state index contributed by atoms with van der Waals surface area (Å²) >= 11 is 6.20. The Hall–Kier alpha value is -7.74. The molecule has 8 aromatic rings. The second-order valence-corrected chi connectivity index (χ2v) is 24.0. The van der Waals surface area contributed by atoms with E-state index in [1.807, 2.05) is 84.9 Å². The van der Waals surface area contributed by atoms with Gasteiger partial charge in [-0.1, -0.05) is 86.6 Å². The molecule has 30 heteroatoms. The first kappa shape index (κ1) is 60.0. The fourth-order valence-electron chi connectivity index (χ4n) is 10.4. The largest absolute Gasteiger partial charge is 0.497 e. The molecule has 11 rings (SSSR count). The van der Waals surface area contributed by atoms with Crippen molar-refractivity contribution < 1.29 is 70.0 Å². The number of ether oxygens (including phenoxy) is 6. The number of halogens is 1. The maximum absolute atomic E-state index is 17.0. The van der Waals surface area contributed by atoms with E-state index in [9.17, 15) is 29.1 Å². The molecule has 4 N–H and O–H groups in total. The molecule has 3 aliphatic heterocycles. The average molecular weight is 1240 g/mol. The van der Waals surface area contributed by atoms with E-state index in [2.05, 4.69) is 40.5 Å². The number of carbonyl (C=O) groups is 2. The van der Waals surface area contributed by atoms with Gasteiger partial charge in [0.25, 0.3) is 11.5 Å². The SMILES string of the molecule is COc1ccc(C(OC[C@@]23CO[C@@H]([C@H](n4cnc5c(NC(=O)c6ccccc6)ncnc54)O2)[C@@H]3OP(=S)(OCCC#N)OC[C@H]2O[C@@H](n3cnc4c(=O)[nH]c(NC(=O)C(C)C)nc43)[C@H](O[PH](=O)O)[C@H]2F)(c2ccccc2)c2ccc(OC)cc2)cc1. The van der Waals surface area contributed by atoms with Crippen LogP contribution in [0.4, 0.5) is 16.2 Å². The number of imidazole rings is 2. The van der Waals surface area contributed by atoms with Crippen LogP contribution < -0.4 is 25.7 Å². The van der Waals surface area contributed by atoms with Crippen molar-refractivity contribution in [3.8, 4) is 17.6 Å². The highest BCUT2D eigenvalue weighted by atomic mass is 32.5. The lowest BCUT2D eigenvalue weighted by molar-refractivity contribution is -0.202. The van der Waals surface area contributed by atoms with Crippen LogP contribution in [0.15, 0.2) is 133 Å². The monoisotopic (exact) mass is 1240 g/mol. The van der Waals surface area contributed by atoms with E-state index in [0.29, 0.717) is 33.8 Å². The number of hydrogen-bond acceptors (Lipinski definition) is 21. The van der Waals surface area contributed by atoms with Crippen molar-refractivity contribution in [3.05, 3.63) is 161 Å². The average Bonchev–Trinajstić information content (AvgIpc) is 1.56. The van der Waals surface area contributed by atoms with Crippen molar-refractivity contribution in [1.29, 1.82) is 5.26 Å². The van der Waals surface area contributed by atoms with Crippen LogP contribution in [0.2, 0.25) is 0 Å². The van der Waals surface area contributed by atoms with Crippen LogP contribution in [-0.2, 0) is 63.8 Å². The zero-order valence-corrected chi connectivity index (χ0v) is 49.0. The molecular formula is C56H56FN11O15P2S. The molecular weight excluding hydrogens is 1180 g/mol. The van der Waals surface area contributed by atoms with Crippen LogP contribution in [0.25, 0.3) is 22.3 Å². The molecule has 3 aliphatic rings. The summed E-state index contributed by atoms with van der Waals surface area (Å²) in [5.74, 6) is -0.397. The summed E-state index contributed by atoms with van der Waals surface area (Å²) in [6.45, 7) is -2.59. The molecule has 0 radical (unpaired) electrons. The quantitative estimate of drug-likeness (QED) is 0.0267. The van der Waals surface area contributed by atoms with Crippen molar-refractivity contribution in [3.63, 3.8) is 0 Å². The van der Waals surface area contributed by atoms with Gasteiger partial charge in [-0.15, -0.1) is 0 Å². The molecule has 0 saturated carbocycles. The number of rotatable bonds is 24. The van der Waals surface area contributed by atoms with E-state index >= 15 is 4.39 Å². The van der Waals surface area contributed by atoms with Gasteiger partial charge in [-0.25, -0.2) is 24.3 Å². The van der Waals surface area contributed by atoms with Crippen molar-refractivity contribution in [2.45, 2.75) is 74.5 Å². The molecule has 2 amide bonds. The third kappa shape index (κ3) is 11.8. The molecule has 2 unspecified atom stereocenters. The second-order valence-electron chi connectivity index (χ2n) is 20.3. The van der Waals surface area contributed by atoms with Gasteiger partial charge >= 0.3 is 15.0 Å². The standard InChI is InChI=1S/C56H56FN11O15P2S/c1-32(2)49(69)65-54-64-48-42(51(71)66-54)62-31-68(48)52-43(82-84(72)73)40(57)39(80-52)26-79-85(86,78-25-11-24-58)83-45-44-53(67-30-61-41-46(59-29-60-47(41)67)63-50(70)33-12-7-5-8-13-33)81-55(45,27-76-44)28-77-56(34-14-9-6-10-15-34,35-16-20-37(74-3)21-17-35)36-18-22-38(75-4)23-19-36/h5-10,12-23,29-32,39-40,43-45,52-53,84H,11,25-28H2,1-4H3,(H,72,73)(H,59,60,63,70)(H2,64,65,66,69,71)/t39-,40+,43-,44-,45+,52-,53-,55-,85?/m1/s1. The van der Waals surface area contributed by atoms with Crippen molar-refractivity contribution >= 4 is 72.7 Å². The molecule has 4 aromatic carbocycles. The minimum Gasteiger partial charge on any atom is -0.497 e. The van der Waals surface area contributed by atoms with Gasteiger partial charge < -0.3 is 47.7 Å². The summed E-state index contributed by atoms with van der Waals surface area (Å²) in [6, 6.07) is 34.8. The number of carbonyl (C=O) groups excluding carboxylic acids is 2. The number of aromatic nitrogens is 8. The Kier molecular flexibility index (Phi) is 17.6. The smallest absolute Gasteiger partial charge is 0.327 e. The van der Waals surface area contributed by atoms with Gasteiger partial charge in [0.1, 0.15) is 53.4 Å². The molecule has 2 bridgehead atoms. The Morgan fingerprint density at radius 2 is 1.53 bits per heavy atom. The Morgan fingerprint density at radius 3 is 2.17 bits per heavy atom. The molecule has 7 heterocycles. The number of alkyl halides is 1. The summed E-state index contributed by atoms with van der Waals surface area (Å²) in [7, 11) is -0.747. The number of anilines is 2. The lowest BCUT2D eigenvalue weighted by Gasteiger charge is -2.40. The fraction of sp³-hybridized carbons (Fsp3) is 0.339. The van der Waals surface area contributed by atoms with E-state index in [-0.39, 0.29) is 60.3 Å². The Labute approximate surface area is 495 Å². The summed E-state index contributed by atoms with van der Waals surface area (Å²) in [4.78, 5) is 73.7. The van der Waals surface area contributed by atoms with Gasteiger partial charge in [-0.05, 0) is 64.9 Å². The van der Waals surface area contributed by atoms with Crippen LogP contribution in [0.3, 0.4) is 0 Å². The highest BCUT2D eigenvalue weighted by Crippen LogP contribution is 2.59. The number of methoxy groups -OCH3 is 2. The molecule has 0 spiro atoms. The number of benzene rings is 4. The number of H-pyrrole nitrogens is 1. The summed E-state index contributed by atoms with van der Waals surface area (Å²) in [5.41, 5.74) is -1.38. The Balaban J connectivity index is 0.966. The van der Waals surface area contributed by atoms with Crippen molar-refractivity contribution in [2.75, 3.05) is 51.3 Å². The van der Waals surface area contributed by atoms with Gasteiger partial charge in [0.15, 0.2) is 46.8 Å². The van der Waals surface area contributed by atoms with Crippen LogP contribution in [0, 0.1) is 17.2 Å². The van der Waals surface area contributed by atoms with E-state index in [0.717, 1.165) is 10.9 Å². The third-order valence-corrected chi connectivity index (χ3v) is 17.5. The van der Waals surface area contributed by atoms with Crippen LogP contribution >= 0.6 is 15.0 Å². The number of aromatic amines is 1. The molecule has 0 aliphatic carbocycles. The minimum atomic E-state index is -4.29. The van der Waals surface area contributed by atoms with Gasteiger partial charge in [-0.2, -0.15) is 10.2 Å². The van der Waals surface area contributed by atoms with Crippen LogP contribution in [0.5, 0.6) is 11.5 Å². The normalized spacial score (nSPS) is 22.8. The first-order valence-electron chi connectivity index (χ1n) is 26.8. The summed E-state index contributed by atoms with van der Waals surface area (Å²) < 4.78 is 95.6. The fourth-order valence-corrected chi connectivity index (χ4v) is 13.0. The number of hydrogen-bond donors (Lipinski definition) is 4. The highest BCUT2D eigenvalue weighted by Gasteiger charge is 2.66. The predicted molar refractivity (Wildman–Crippen MR) is 308 cm³/mol. The Bertz CT molecular complexity index is 3890. The second kappa shape index (κ2) is 25.3. The molecule has 3 saturated heterocycles. The topological polar surface area (TPSA) is 319 Å². The summed E-state index contributed by atoms with van der Waals surface area (Å²) in [5, 5.41) is 15.1. The lowest BCUT2D eigenvalue weighted by Crippen LogP contribution is -2.49. The maximum Gasteiger partial charge on any atom is 0.327 e. The van der Waals surface area contributed by atoms with Crippen LogP contribution in [-0.4, -0.2) is 133 Å². The first-order chi connectivity index (χ1) is 41.6. The number of nitriles is 1. The van der Waals surface area contributed by atoms with Gasteiger partial charge in [0, 0.05) is 11.5 Å². The van der Waals surface area contributed by atoms with Gasteiger partial charge in [0.2, 0.25) is 11.9 Å². The Morgan fingerprint density at radius 1 is 0.895 bits per heavy atom. The van der Waals surface area contributed by atoms with Crippen molar-refractivity contribution in [2.24, 2.45) is 5.92 Å². The van der Waals surface area contributed by atoms with E-state index in [1.165, 1.54) is 12.7 Å². The van der Waals surface area contributed by atoms with E-state index in [1.54, 1.807) is 63.0 Å². The van der Waals surface area contributed by atoms with Gasteiger partial charge in [-0.3, -0.25) is 47.4 Å². The first-order valence-corrected chi connectivity index (χ1v) is 30.6. The molecule has 3 fully saturated rings. The van der Waals surface area contributed by atoms with E-state index in [4.69, 9.17) is 58.3 Å². The minimum absolute atomic E-state index is 0.103. The molecule has 448 valence electrons. The molecule has 86 heavy (non-hydrogen) atoms. The zero-order chi connectivity index (χ0) is 60.3. The van der Waals surface area contributed by atoms with E-state index < -0.39 is 99.1 Å².